The fraction of sp³-hybridized carbons (Fsp3) is 0. The van der Waals surface area contributed by atoms with Crippen LogP contribution >= 0.6 is 31.8 Å². The summed E-state index contributed by atoms with van der Waals surface area (Å²) >= 11 is 12.0. The van der Waals surface area contributed by atoms with E-state index in [1.165, 1.54) is 0 Å². The largest absolute Gasteiger partial charge is 0.289 e. The average molecular weight is 290 g/mol. The third-order valence-corrected chi connectivity index (χ3v) is 3.95. The summed E-state index contributed by atoms with van der Waals surface area (Å²) in [5.74, 6) is 0. The summed E-state index contributed by atoms with van der Waals surface area (Å²) < 4.78 is 0. The van der Waals surface area contributed by atoms with Gasteiger partial charge in [0.15, 0.2) is 5.52 Å². The zero-order valence-corrected chi connectivity index (χ0v) is 12.3. The molecular formula is C13H9Cl2LiOP. The summed E-state index contributed by atoms with van der Waals surface area (Å²) in [6.45, 7) is 0. The van der Waals surface area contributed by atoms with Crippen LogP contribution in [0.5, 0.6) is 0 Å². The van der Waals surface area contributed by atoms with Crippen molar-refractivity contribution in [2.45, 2.75) is 0 Å². The van der Waals surface area contributed by atoms with E-state index in [9.17, 15) is 4.79 Å². The molecule has 0 bridgehead atoms. The standard InChI is InChI=1S/C13H9Cl2OP.Li/c14-10-7-4-8-11(15)12(10)13(16)17-9-5-2-1-3-6-9;/h1-8,17H;. The van der Waals surface area contributed by atoms with E-state index in [1.54, 1.807) is 18.2 Å². The van der Waals surface area contributed by atoms with Gasteiger partial charge in [-0.1, -0.05) is 59.6 Å². The quantitative estimate of drug-likeness (QED) is 0.621. The molecule has 0 aliphatic rings. The summed E-state index contributed by atoms with van der Waals surface area (Å²) in [5, 5.41) is 1.80. The van der Waals surface area contributed by atoms with Crippen LogP contribution in [0.15, 0.2) is 48.5 Å². The van der Waals surface area contributed by atoms with E-state index in [-0.39, 0.29) is 33.0 Å². The van der Waals surface area contributed by atoms with Crippen LogP contribution < -0.4 is 5.30 Å². The molecule has 0 spiro atoms. The Labute approximate surface area is 130 Å². The van der Waals surface area contributed by atoms with Gasteiger partial charge in [0.1, 0.15) is 0 Å². The van der Waals surface area contributed by atoms with Crippen LogP contribution in [0.1, 0.15) is 10.4 Å². The van der Waals surface area contributed by atoms with Crippen LogP contribution in [0, 0.1) is 0 Å². The first-order valence-corrected chi connectivity index (χ1v) is 6.74. The number of rotatable bonds is 3. The molecule has 0 aliphatic carbocycles. The van der Waals surface area contributed by atoms with Crippen molar-refractivity contribution < 1.29 is 4.79 Å². The molecule has 0 fully saturated rings. The molecule has 5 heteroatoms. The van der Waals surface area contributed by atoms with E-state index < -0.39 is 0 Å². The molecular weight excluding hydrogens is 281 g/mol. The van der Waals surface area contributed by atoms with Crippen LogP contribution in [0.25, 0.3) is 0 Å². The molecule has 87 valence electrons. The molecule has 0 saturated heterocycles. The third-order valence-electron chi connectivity index (χ3n) is 2.22. The second kappa shape index (κ2) is 7.34. The Bertz CT molecular complexity index is 526. The number of hydrogen-bond acceptors (Lipinski definition) is 1. The van der Waals surface area contributed by atoms with Gasteiger partial charge in [-0.2, -0.15) is 0 Å². The first-order valence-electron chi connectivity index (χ1n) is 4.99. The minimum Gasteiger partial charge on any atom is -0.289 e. The van der Waals surface area contributed by atoms with E-state index in [4.69, 9.17) is 23.2 Å². The molecule has 0 N–H and O–H groups in total. The molecule has 1 unspecified atom stereocenters. The van der Waals surface area contributed by atoms with Crippen molar-refractivity contribution >= 4 is 61.5 Å². The first-order chi connectivity index (χ1) is 8.18. The van der Waals surface area contributed by atoms with Crippen LogP contribution in [-0.2, 0) is 0 Å². The molecule has 1 radical (unpaired) electrons. The van der Waals surface area contributed by atoms with Gasteiger partial charge >= 0.3 is 0 Å². The summed E-state index contributed by atoms with van der Waals surface area (Å²) in [6, 6.07) is 14.6. The molecule has 18 heavy (non-hydrogen) atoms. The minimum absolute atomic E-state index is 0. The summed E-state index contributed by atoms with van der Waals surface area (Å²) in [6.07, 6.45) is 0. The minimum atomic E-state index is -0.0354. The van der Waals surface area contributed by atoms with E-state index in [0.717, 1.165) is 5.30 Å². The smallest absolute Gasteiger partial charge is 0.188 e. The van der Waals surface area contributed by atoms with Gasteiger partial charge in [0.05, 0.1) is 15.6 Å². The third kappa shape index (κ3) is 3.85. The Morgan fingerprint density at radius 2 is 1.44 bits per heavy atom. The van der Waals surface area contributed by atoms with Gasteiger partial charge in [0, 0.05) is 18.9 Å². The van der Waals surface area contributed by atoms with Gasteiger partial charge in [-0.15, -0.1) is 0 Å². The molecule has 0 aliphatic heterocycles. The van der Waals surface area contributed by atoms with Crippen molar-refractivity contribution in [2.24, 2.45) is 0 Å². The van der Waals surface area contributed by atoms with Gasteiger partial charge in [-0.05, 0) is 26.0 Å². The maximum atomic E-state index is 12.1. The molecule has 0 saturated carbocycles. The van der Waals surface area contributed by atoms with Gasteiger partial charge in [-0.25, -0.2) is 0 Å². The molecule has 0 amide bonds. The Kier molecular flexibility index (Phi) is 6.43. The SMILES string of the molecule is O=C(Pc1ccccc1)c1c(Cl)cccc1Cl.[Li]. The molecule has 2 rings (SSSR count). The van der Waals surface area contributed by atoms with Gasteiger partial charge in [0.25, 0.3) is 0 Å². The Morgan fingerprint density at radius 3 is 2.00 bits per heavy atom. The van der Waals surface area contributed by atoms with Crippen LogP contribution in [0.3, 0.4) is 0 Å². The normalized spacial score (nSPS) is 10.3. The molecule has 2 aromatic carbocycles. The van der Waals surface area contributed by atoms with Gasteiger partial charge < -0.3 is 0 Å². The Morgan fingerprint density at radius 1 is 0.889 bits per heavy atom. The fourth-order valence-corrected chi connectivity index (χ4v) is 3.17. The van der Waals surface area contributed by atoms with Crippen molar-refractivity contribution in [3.05, 3.63) is 64.1 Å². The zero-order chi connectivity index (χ0) is 12.3. The number of carbonyl (C=O) groups is 1. The summed E-state index contributed by atoms with van der Waals surface area (Å²) in [7, 11) is 0.0407. The topological polar surface area (TPSA) is 17.1 Å². The predicted octanol–water partition coefficient (Wildman–Crippen LogP) is 3.76. The van der Waals surface area contributed by atoms with Crippen molar-refractivity contribution in [2.75, 3.05) is 0 Å². The predicted molar refractivity (Wildman–Crippen MR) is 80.9 cm³/mol. The van der Waals surface area contributed by atoms with Crippen molar-refractivity contribution in [1.29, 1.82) is 0 Å². The average Bonchev–Trinajstić information content (AvgIpc) is 2.30. The van der Waals surface area contributed by atoms with E-state index >= 15 is 0 Å². The number of carbonyl (C=O) groups excluding carboxylic acids is 1. The number of halogens is 2. The molecule has 2 aromatic rings. The van der Waals surface area contributed by atoms with Crippen molar-refractivity contribution in [1.82, 2.24) is 0 Å². The van der Waals surface area contributed by atoms with Crippen LogP contribution in [0.2, 0.25) is 10.0 Å². The molecule has 0 heterocycles. The summed E-state index contributed by atoms with van der Waals surface area (Å²) in [4.78, 5) is 12.1. The number of hydrogen-bond donors (Lipinski definition) is 0. The fourth-order valence-electron chi connectivity index (χ4n) is 1.43. The molecule has 0 aromatic heterocycles. The van der Waals surface area contributed by atoms with Crippen LogP contribution in [-0.4, -0.2) is 24.4 Å². The van der Waals surface area contributed by atoms with E-state index in [2.05, 4.69) is 0 Å². The monoisotopic (exact) mass is 289 g/mol. The van der Waals surface area contributed by atoms with E-state index in [1.807, 2.05) is 30.3 Å². The second-order valence-corrected chi connectivity index (χ2v) is 5.51. The summed E-state index contributed by atoms with van der Waals surface area (Å²) in [5.41, 5.74) is 0.379. The molecule has 1 atom stereocenters. The van der Waals surface area contributed by atoms with Crippen LogP contribution in [0.4, 0.5) is 0 Å². The molecule has 1 nitrogen and oxygen atoms in total. The van der Waals surface area contributed by atoms with Crippen molar-refractivity contribution in [3.8, 4) is 0 Å². The Hall–Kier alpha value is -0.283. The number of benzene rings is 2. The zero-order valence-electron chi connectivity index (χ0n) is 9.78. The van der Waals surface area contributed by atoms with Crippen molar-refractivity contribution in [3.63, 3.8) is 0 Å². The maximum Gasteiger partial charge on any atom is 0.188 e. The van der Waals surface area contributed by atoms with Gasteiger partial charge in [0.2, 0.25) is 0 Å². The Balaban J connectivity index is 0.00000162. The van der Waals surface area contributed by atoms with E-state index in [0.29, 0.717) is 15.6 Å². The first kappa shape index (κ1) is 15.8. The maximum absolute atomic E-state index is 12.1. The second-order valence-electron chi connectivity index (χ2n) is 3.42. The van der Waals surface area contributed by atoms with Gasteiger partial charge in [-0.3, -0.25) is 4.79 Å².